The summed E-state index contributed by atoms with van der Waals surface area (Å²) in [5.74, 6) is 5.93. The summed E-state index contributed by atoms with van der Waals surface area (Å²) in [6, 6.07) is 17.8. The number of ether oxygens (including phenoxy) is 1. The third-order valence-corrected chi connectivity index (χ3v) is 2.58. The second-order valence-corrected chi connectivity index (χ2v) is 3.94. The highest BCUT2D eigenvalue weighted by Crippen LogP contribution is 2.15. The summed E-state index contributed by atoms with van der Waals surface area (Å²) < 4.78 is 5.68. The van der Waals surface area contributed by atoms with E-state index in [4.69, 9.17) is 10.6 Å². The number of rotatable bonds is 5. The molecule has 0 heterocycles. The molecule has 3 nitrogen and oxygen atoms in total. The molecule has 0 amide bonds. The molecule has 19 heavy (non-hydrogen) atoms. The average molecular weight is 252 g/mol. The van der Waals surface area contributed by atoms with Crippen molar-refractivity contribution in [2.75, 3.05) is 6.61 Å². The van der Waals surface area contributed by atoms with Crippen LogP contribution in [0.2, 0.25) is 0 Å². The summed E-state index contributed by atoms with van der Waals surface area (Å²) in [5, 5.41) is 3.52. The number of nitrogens with zero attached hydrogens (tertiary/aromatic N) is 1. The molecule has 0 saturated heterocycles. The maximum atomic E-state index is 5.68. The first-order chi connectivity index (χ1) is 9.40. The van der Waals surface area contributed by atoms with E-state index in [0.717, 1.165) is 16.9 Å². The molecule has 0 unspecified atom stereocenters. The summed E-state index contributed by atoms with van der Waals surface area (Å²) in [6.07, 6.45) is 5.58. The molecular formula is C16H16N2O. The van der Waals surface area contributed by atoms with Crippen LogP contribution in [0.1, 0.15) is 11.1 Å². The van der Waals surface area contributed by atoms with Gasteiger partial charge in [-0.2, -0.15) is 5.10 Å². The first-order valence-corrected chi connectivity index (χ1v) is 6.07. The van der Waals surface area contributed by atoms with E-state index in [0.29, 0.717) is 6.61 Å². The van der Waals surface area contributed by atoms with Crippen LogP contribution in [-0.4, -0.2) is 12.8 Å². The van der Waals surface area contributed by atoms with Gasteiger partial charge in [0.2, 0.25) is 0 Å². The number of hydrogen-bond donors (Lipinski definition) is 1. The predicted octanol–water partition coefficient (Wildman–Crippen LogP) is 3.07. The van der Waals surface area contributed by atoms with Gasteiger partial charge in [0, 0.05) is 5.56 Å². The van der Waals surface area contributed by atoms with E-state index in [1.165, 1.54) is 0 Å². The lowest BCUT2D eigenvalue weighted by Crippen LogP contribution is -1.97. The minimum Gasteiger partial charge on any atom is -0.489 e. The normalized spacial score (nSPS) is 11.2. The van der Waals surface area contributed by atoms with E-state index in [1.54, 1.807) is 6.21 Å². The molecule has 2 aromatic rings. The average Bonchev–Trinajstić information content (AvgIpc) is 2.47. The van der Waals surface area contributed by atoms with Crippen LogP contribution in [0.15, 0.2) is 65.8 Å². The maximum absolute atomic E-state index is 5.68. The van der Waals surface area contributed by atoms with Gasteiger partial charge in [0.05, 0.1) is 6.21 Å². The zero-order chi connectivity index (χ0) is 13.3. The molecule has 0 radical (unpaired) electrons. The smallest absolute Gasteiger partial charge is 0.128 e. The van der Waals surface area contributed by atoms with Crippen molar-refractivity contribution in [3.63, 3.8) is 0 Å². The highest BCUT2D eigenvalue weighted by Gasteiger charge is 1.98. The zero-order valence-electron chi connectivity index (χ0n) is 10.6. The summed E-state index contributed by atoms with van der Waals surface area (Å²) in [5.41, 5.74) is 2.03. The third-order valence-electron chi connectivity index (χ3n) is 2.58. The fraction of sp³-hybridized carbons (Fsp3) is 0.0625. The number of hydrazone groups is 1. The van der Waals surface area contributed by atoms with Crippen molar-refractivity contribution in [1.29, 1.82) is 0 Å². The van der Waals surface area contributed by atoms with Crippen molar-refractivity contribution in [1.82, 2.24) is 0 Å². The Morgan fingerprint density at radius 1 is 1.00 bits per heavy atom. The van der Waals surface area contributed by atoms with Crippen LogP contribution in [0.25, 0.3) is 6.08 Å². The van der Waals surface area contributed by atoms with Crippen LogP contribution >= 0.6 is 0 Å². The number of para-hydroxylation sites is 1. The Hall–Kier alpha value is -2.55. The van der Waals surface area contributed by atoms with Gasteiger partial charge in [0.1, 0.15) is 12.4 Å². The quantitative estimate of drug-likeness (QED) is 0.505. The van der Waals surface area contributed by atoms with Gasteiger partial charge in [-0.25, -0.2) is 0 Å². The van der Waals surface area contributed by atoms with Crippen LogP contribution in [0.3, 0.4) is 0 Å². The Kier molecular flexibility index (Phi) is 4.76. The Bertz CT molecular complexity index is 562. The minimum absolute atomic E-state index is 0.504. The molecule has 2 rings (SSSR count). The van der Waals surface area contributed by atoms with Gasteiger partial charge in [-0.05, 0) is 23.8 Å². The lowest BCUT2D eigenvalue weighted by atomic mass is 10.2. The van der Waals surface area contributed by atoms with Gasteiger partial charge >= 0.3 is 0 Å². The van der Waals surface area contributed by atoms with Crippen molar-refractivity contribution >= 4 is 12.3 Å². The molecule has 0 atom stereocenters. The second-order valence-electron chi connectivity index (χ2n) is 3.94. The number of benzene rings is 2. The fourth-order valence-corrected chi connectivity index (χ4v) is 1.69. The van der Waals surface area contributed by atoms with E-state index in [9.17, 15) is 0 Å². The summed E-state index contributed by atoms with van der Waals surface area (Å²) in [7, 11) is 0. The molecular weight excluding hydrogens is 236 g/mol. The topological polar surface area (TPSA) is 47.6 Å². The Balaban J connectivity index is 1.94. The second kappa shape index (κ2) is 7.01. The molecule has 0 bridgehead atoms. The van der Waals surface area contributed by atoms with Crippen LogP contribution in [-0.2, 0) is 0 Å². The Morgan fingerprint density at radius 3 is 2.53 bits per heavy atom. The van der Waals surface area contributed by atoms with E-state index in [2.05, 4.69) is 5.10 Å². The minimum atomic E-state index is 0.504. The van der Waals surface area contributed by atoms with E-state index < -0.39 is 0 Å². The van der Waals surface area contributed by atoms with Crippen molar-refractivity contribution in [2.45, 2.75) is 0 Å². The summed E-state index contributed by atoms with van der Waals surface area (Å²) in [6.45, 7) is 0.504. The Morgan fingerprint density at radius 2 is 1.74 bits per heavy atom. The van der Waals surface area contributed by atoms with Crippen molar-refractivity contribution in [3.8, 4) is 5.75 Å². The largest absolute Gasteiger partial charge is 0.489 e. The van der Waals surface area contributed by atoms with Crippen molar-refractivity contribution < 1.29 is 4.74 Å². The first-order valence-electron chi connectivity index (χ1n) is 6.07. The molecule has 0 saturated carbocycles. The molecule has 0 spiro atoms. The highest BCUT2D eigenvalue weighted by atomic mass is 16.5. The van der Waals surface area contributed by atoms with Gasteiger partial charge in [-0.3, -0.25) is 0 Å². The van der Waals surface area contributed by atoms with Crippen LogP contribution in [0.4, 0.5) is 0 Å². The van der Waals surface area contributed by atoms with Gasteiger partial charge in [-0.15, -0.1) is 0 Å². The van der Waals surface area contributed by atoms with Gasteiger partial charge in [0.15, 0.2) is 0 Å². The molecule has 0 aromatic heterocycles. The van der Waals surface area contributed by atoms with Crippen LogP contribution in [0, 0.1) is 0 Å². The number of nitrogens with two attached hydrogens (primary N) is 1. The van der Waals surface area contributed by atoms with Gasteiger partial charge < -0.3 is 10.6 Å². The van der Waals surface area contributed by atoms with E-state index in [1.807, 2.05) is 66.7 Å². The molecule has 96 valence electrons. The molecule has 2 aromatic carbocycles. The van der Waals surface area contributed by atoms with Crippen LogP contribution < -0.4 is 10.6 Å². The van der Waals surface area contributed by atoms with Gasteiger partial charge in [0.25, 0.3) is 0 Å². The SMILES string of the molecule is NN=Cc1ccccc1OCC=Cc1ccccc1. The standard InChI is InChI=1S/C16H16N2O/c17-18-13-15-10-4-5-11-16(15)19-12-6-9-14-7-2-1-3-8-14/h1-11,13H,12,17H2. The Labute approximate surface area is 113 Å². The lowest BCUT2D eigenvalue weighted by molar-refractivity contribution is 0.363. The first kappa shape index (κ1) is 12.9. The molecule has 0 aliphatic rings. The van der Waals surface area contributed by atoms with Crippen molar-refractivity contribution in [3.05, 3.63) is 71.8 Å². The zero-order valence-corrected chi connectivity index (χ0v) is 10.6. The fourth-order valence-electron chi connectivity index (χ4n) is 1.69. The molecule has 0 aliphatic carbocycles. The molecule has 3 heteroatoms. The lowest BCUT2D eigenvalue weighted by Gasteiger charge is -2.05. The van der Waals surface area contributed by atoms with Crippen LogP contribution in [0.5, 0.6) is 5.75 Å². The molecule has 2 N–H and O–H groups in total. The monoisotopic (exact) mass is 252 g/mol. The summed E-state index contributed by atoms with van der Waals surface area (Å²) in [4.78, 5) is 0. The predicted molar refractivity (Wildman–Crippen MR) is 79.2 cm³/mol. The summed E-state index contributed by atoms with van der Waals surface area (Å²) >= 11 is 0. The van der Waals surface area contributed by atoms with E-state index >= 15 is 0 Å². The molecule has 0 fully saturated rings. The number of hydrogen-bond acceptors (Lipinski definition) is 3. The van der Waals surface area contributed by atoms with Gasteiger partial charge in [-0.1, -0.05) is 48.5 Å². The van der Waals surface area contributed by atoms with E-state index in [-0.39, 0.29) is 0 Å². The maximum Gasteiger partial charge on any atom is 0.128 e. The van der Waals surface area contributed by atoms with Crippen molar-refractivity contribution in [2.24, 2.45) is 10.9 Å². The highest BCUT2D eigenvalue weighted by molar-refractivity contribution is 5.83. The third kappa shape index (κ3) is 4.00. The molecule has 0 aliphatic heterocycles.